The topological polar surface area (TPSA) is 82.7 Å². The van der Waals surface area contributed by atoms with Crippen LogP contribution in [0.15, 0.2) is 35.7 Å². The van der Waals surface area contributed by atoms with Gasteiger partial charge in [-0.05, 0) is 55.0 Å². The lowest BCUT2D eigenvalue weighted by atomic mass is 10.1. The predicted octanol–water partition coefficient (Wildman–Crippen LogP) is 3.20. The number of hydrogen-bond acceptors (Lipinski definition) is 5. The van der Waals surface area contributed by atoms with E-state index in [2.05, 4.69) is 39.0 Å². The number of thiophene rings is 1. The molecule has 0 saturated heterocycles. The van der Waals surface area contributed by atoms with E-state index in [0.29, 0.717) is 12.4 Å². The van der Waals surface area contributed by atoms with E-state index in [-0.39, 0.29) is 11.6 Å². The van der Waals surface area contributed by atoms with Crippen molar-refractivity contribution in [3.8, 4) is 0 Å². The summed E-state index contributed by atoms with van der Waals surface area (Å²) >= 11 is 1.68. The first-order valence-corrected chi connectivity index (χ1v) is 8.57. The van der Waals surface area contributed by atoms with Gasteiger partial charge in [-0.2, -0.15) is 5.21 Å². The smallest absolute Gasteiger partial charge is 0.275 e. The molecule has 2 aromatic heterocycles. The van der Waals surface area contributed by atoms with Gasteiger partial charge in [0.25, 0.3) is 5.91 Å². The summed E-state index contributed by atoms with van der Waals surface area (Å²) in [6.07, 6.45) is 0.807. The monoisotopic (exact) mass is 341 g/mol. The van der Waals surface area contributed by atoms with Gasteiger partial charge in [-0.3, -0.25) is 4.79 Å². The largest absolute Gasteiger partial charge is 0.350 e. The Kier molecular flexibility index (Phi) is 4.90. The van der Waals surface area contributed by atoms with Crippen molar-refractivity contribution in [2.24, 2.45) is 0 Å². The van der Waals surface area contributed by atoms with Crippen molar-refractivity contribution in [3.05, 3.63) is 57.4 Å². The van der Waals surface area contributed by atoms with Crippen molar-refractivity contribution < 1.29 is 4.79 Å². The van der Waals surface area contributed by atoms with Crippen LogP contribution in [0.4, 0.5) is 11.5 Å². The molecule has 124 valence electrons. The molecule has 24 heavy (non-hydrogen) atoms. The van der Waals surface area contributed by atoms with Crippen molar-refractivity contribution in [1.29, 1.82) is 0 Å². The summed E-state index contributed by atoms with van der Waals surface area (Å²) in [5, 5.41) is 18.5. The molecule has 0 unspecified atom stereocenters. The van der Waals surface area contributed by atoms with Crippen LogP contribution in [0.5, 0.6) is 0 Å². The van der Waals surface area contributed by atoms with Gasteiger partial charge in [0, 0.05) is 17.1 Å². The van der Waals surface area contributed by atoms with E-state index < -0.39 is 0 Å². The second kappa shape index (κ2) is 7.27. The molecule has 0 radical (unpaired) electrons. The van der Waals surface area contributed by atoms with Gasteiger partial charge in [0.2, 0.25) is 0 Å². The van der Waals surface area contributed by atoms with Crippen LogP contribution in [-0.4, -0.2) is 27.9 Å². The van der Waals surface area contributed by atoms with Gasteiger partial charge in [0.1, 0.15) is 0 Å². The van der Waals surface area contributed by atoms with E-state index in [0.717, 1.165) is 12.1 Å². The highest BCUT2D eigenvalue weighted by atomic mass is 32.1. The SMILES string of the molecule is Cc1ccc(Nc2n[nH]nc2C(=O)NCCc2cccs2)cc1C. The maximum Gasteiger partial charge on any atom is 0.275 e. The molecule has 0 fully saturated rings. The van der Waals surface area contributed by atoms with E-state index >= 15 is 0 Å². The molecule has 0 aliphatic rings. The predicted molar refractivity (Wildman–Crippen MR) is 95.9 cm³/mol. The minimum absolute atomic E-state index is 0.244. The highest BCUT2D eigenvalue weighted by Gasteiger charge is 2.16. The Hall–Kier alpha value is -2.67. The second-order valence-electron chi connectivity index (χ2n) is 5.53. The molecule has 1 aromatic carbocycles. The van der Waals surface area contributed by atoms with Gasteiger partial charge in [-0.25, -0.2) is 0 Å². The fourth-order valence-electron chi connectivity index (χ4n) is 2.27. The average molecular weight is 341 g/mol. The van der Waals surface area contributed by atoms with Gasteiger partial charge in [-0.1, -0.05) is 12.1 Å². The van der Waals surface area contributed by atoms with Crippen LogP contribution in [0, 0.1) is 13.8 Å². The lowest BCUT2D eigenvalue weighted by molar-refractivity contribution is 0.0950. The molecular formula is C17H19N5OS. The number of nitrogens with one attached hydrogen (secondary N) is 3. The first-order valence-electron chi connectivity index (χ1n) is 7.69. The highest BCUT2D eigenvalue weighted by Crippen LogP contribution is 2.19. The Labute approximate surface area is 144 Å². The first-order chi connectivity index (χ1) is 11.6. The number of aromatic amines is 1. The molecule has 7 heteroatoms. The Balaban J connectivity index is 1.63. The van der Waals surface area contributed by atoms with Crippen LogP contribution in [0.25, 0.3) is 0 Å². The van der Waals surface area contributed by atoms with E-state index in [1.165, 1.54) is 16.0 Å². The Morgan fingerprint density at radius 2 is 2.08 bits per heavy atom. The molecule has 0 spiro atoms. The van der Waals surface area contributed by atoms with E-state index in [1.54, 1.807) is 11.3 Å². The fourth-order valence-corrected chi connectivity index (χ4v) is 2.98. The molecule has 0 bridgehead atoms. The van der Waals surface area contributed by atoms with Crippen LogP contribution >= 0.6 is 11.3 Å². The number of nitrogens with zero attached hydrogens (tertiary/aromatic N) is 2. The van der Waals surface area contributed by atoms with Crippen LogP contribution in [-0.2, 0) is 6.42 Å². The number of hydrogen-bond donors (Lipinski definition) is 3. The molecule has 2 heterocycles. The van der Waals surface area contributed by atoms with Crippen LogP contribution < -0.4 is 10.6 Å². The molecule has 3 rings (SSSR count). The van der Waals surface area contributed by atoms with Gasteiger partial charge < -0.3 is 10.6 Å². The molecule has 0 aliphatic carbocycles. The number of H-pyrrole nitrogens is 1. The van der Waals surface area contributed by atoms with E-state index in [4.69, 9.17) is 0 Å². The zero-order valence-corrected chi connectivity index (χ0v) is 14.4. The summed E-state index contributed by atoms with van der Waals surface area (Å²) in [5.41, 5.74) is 3.52. The highest BCUT2D eigenvalue weighted by molar-refractivity contribution is 7.09. The third kappa shape index (κ3) is 3.80. The molecule has 0 aliphatic heterocycles. The summed E-state index contributed by atoms with van der Waals surface area (Å²) < 4.78 is 0. The summed E-state index contributed by atoms with van der Waals surface area (Å²) in [6.45, 7) is 4.67. The lowest BCUT2D eigenvalue weighted by Crippen LogP contribution is -2.26. The van der Waals surface area contributed by atoms with Crippen molar-refractivity contribution in [1.82, 2.24) is 20.7 Å². The van der Waals surface area contributed by atoms with Gasteiger partial charge in [-0.15, -0.1) is 21.5 Å². The maximum atomic E-state index is 12.3. The first kappa shape index (κ1) is 16.2. The number of amides is 1. The van der Waals surface area contributed by atoms with E-state index in [1.807, 2.05) is 36.6 Å². The summed E-state index contributed by atoms with van der Waals surface area (Å²) in [7, 11) is 0. The zero-order chi connectivity index (χ0) is 16.9. The lowest BCUT2D eigenvalue weighted by Gasteiger charge is -2.08. The van der Waals surface area contributed by atoms with Crippen LogP contribution in [0.2, 0.25) is 0 Å². The number of benzene rings is 1. The zero-order valence-electron chi connectivity index (χ0n) is 13.6. The molecule has 6 nitrogen and oxygen atoms in total. The summed E-state index contributed by atoms with van der Waals surface area (Å²) in [6, 6.07) is 10.1. The minimum atomic E-state index is -0.244. The molecule has 1 amide bonds. The number of aryl methyl sites for hydroxylation is 2. The fraction of sp³-hybridized carbons (Fsp3) is 0.235. The summed E-state index contributed by atoms with van der Waals surface area (Å²) in [4.78, 5) is 13.5. The third-order valence-corrected chi connectivity index (χ3v) is 4.71. The number of carbonyl (C=O) groups excluding carboxylic acids is 1. The van der Waals surface area contributed by atoms with Crippen LogP contribution in [0.1, 0.15) is 26.5 Å². The van der Waals surface area contributed by atoms with Gasteiger partial charge in [0.15, 0.2) is 11.5 Å². The number of rotatable bonds is 6. The second-order valence-corrected chi connectivity index (χ2v) is 6.56. The Morgan fingerprint density at radius 1 is 1.21 bits per heavy atom. The van der Waals surface area contributed by atoms with Crippen molar-refractivity contribution in [2.45, 2.75) is 20.3 Å². The van der Waals surface area contributed by atoms with Gasteiger partial charge >= 0.3 is 0 Å². The molecule has 0 atom stereocenters. The quantitative estimate of drug-likeness (QED) is 0.643. The molecule has 0 saturated carbocycles. The van der Waals surface area contributed by atoms with Crippen molar-refractivity contribution >= 4 is 28.7 Å². The van der Waals surface area contributed by atoms with Crippen LogP contribution in [0.3, 0.4) is 0 Å². The number of anilines is 2. The number of carbonyl (C=O) groups is 1. The average Bonchev–Trinajstić information content (AvgIpc) is 3.22. The van der Waals surface area contributed by atoms with Crippen molar-refractivity contribution in [3.63, 3.8) is 0 Å². The summed E-state index contributed by atoms with van der Waals surface area (Å²) in [5.74, 6) is 0.179. The third-order valence-electron chi connectivity index (χ3n) is 3.77. The Bertz CT molecular complexity index is 825. The Morgan fingerprint density at radius 3 is 2.83 bits per heavy atom. The minimum Gasteiger partial charge on any atom is -0.350 e. The molecule has 3 N–H and O–H groups in total. The molecular weight excluding hydrogens is 322 g/mol. The molecule has 3 aromatic rings. The van der Waals surface area contributed by atoms with Crippen molar-refractivity contribution in [2.75, 3.05) is 11.9 Å². The maximum absolute atomic E-state index is 12.3. The standard InChI is InChI=1S/C17H19N5OS/c1-11-5-6-13(10-12(11)2)19-16-15(20-22-21-16)17(23)18-8-7-14-4-3-9-24-14/h3-6,9-10H,7-8H2,1-2H3,(H,18,23)(H2,19,20,21,22). The van der Waals surface area contributed by atoms with Gasteiger partial charge in [0.05, 0.1) is 0 Å². The number of aromatic nitrogens is 3. The normalized spacial score (nSPS) is 10.6. The van der Waals surface area contributed by atoms with E-state index in [9.17, 15) is 4.79 Å².